The molecule has 2 saturated heterocycles. The Bertz CT molecular complexity index is 1360. The number of aromatic nitrogens is 2. The quantitative estimate of drug-likeness (QED) is 0.217. The van der Waals surface area contributed by atoms with Crippen molar-refractivity contribution in [3.8, 4) is 5.75 Å². The van der Waals surface area contributed by atoms with E-state index in [1.165, 1.54) is 11.8 Å². The fourth-order valence-electron chi connectivity index (χ4n) is 5.24. The summed E-state index contributed by atoms with van der Waals surface area (Å²) in [6, 6.07) is 19.1. The topological polar surface area (TPSA) is 82.1 Å². The average Bonchev–Trinajstić information content (AvgIpc) is 3.00. The van der Waals surface area contributed by atoms with Gasteiger partial charge in [0.15, 0.2) is 5.16 Å². The van der Waals surface area contributed by atoms with Crippen LogP contribution in [0.5, 0.6) is 5.75 Å². The highest BCUT2D eigenvalue weighted by Gasteiger charge is 2.29. The molecule has 0 bridgehead atoms. The number of anilines is 2. The van der Waals surface area contributed by atoms with Crippen molar-refractivity contribution >= 4 is 46.7 Å². The lowest BCUT2D eigenvalue weighted by molar-refractivity contribution is -0.128. The van der Waals surface area contributed by atoms with Gasteiger partial charge in [-0.1, -0.05) is 53.7 Å². The van der Waals surface area contributed by atoms with Crippen molar-refractivity contribution in [2.45, 2.75) is 25.0 Å². The summed E-state index contributed by atoms with van der Waals surface area (Å²) in [5, 5.41) is 0.808. The summed E-state index contributed by atoms with van der Waals surface area (Å²) in [4.78, 5) is 43.3. The second kappa shape index (κ2) is 13.4. The molecule has 2 aromatic carbocycles. The molecule has 0 radical (unpaired) electrons. The zero-order valence-corrected chi connectivity index (χ0v) is 25.0. The molecule has 0 N–H and O–H groups in total. The minimum Gasteiger partial charge on any atom is -0.492 e. The zero-order valence-electron chi connectivity index (χ0n) is 23.4. The maximum absolute atomic E-state index is 13.0. The summed E-state index contributed by atoms with van der Waals surface area (Å²) in [6.45, 7) is 9.26. The predicted molar refractivity (Wildman–Crippen MR) is 163 cm³/mol. The minimum atomic E-state index is 0.00189. The van der Waals surface area contributed by atoms with Gasteiger partial charge in [-0.15, -0.1) is 0 Å². The van der Waals surface area contributed by atoms with Gasteiger partial charge in [-0.3, -0.25) is 9.59 Å². The fourth-order valence-corrected chi connectivity index (χ4v) is 6.22. The number of piperazine rings is 2. The van der Waals surface area contributed by atoms with Gasteiger partial charge in [-0.25, -0.2) is 9.97 Å². The second-order valence-corrected chi connectivity index (χ2v) is 11.4. The van der Waals surface area contributed by atoms with Crippen LogP contribution in [0.2, 0.25) is 5.15 Å². The van der Waals surface area contributed by atoms with Crippen LogP contribution < -0.4 is 14.5 Å². The van der Waals surface area contributed by atoms with Gasteiger partial charge in [0.05, 0.1) is 18.0 Å². The number of hydrogen-bond donors (Lipinski definition) is 0. The maximum atomic E-state index is 13.0. The van der Waals surface area contributed by atoms with Gasteiger partial charge in [0.25, 0.3) is 5.91 Å². The summed E-state index contributed by atoms with van der Waals surface area (Å²) >= 11 is 7.67. The smallest absolute Gasteiger partial charge is 0.254 e. The fraction of sp³-hybridized carbons (Fsp3) is 0.400. The third-order valence-electron chi connectivity index (χ3n) is 7.36. The standard InChI is InChI=1S/C30H35ClN6O3S/c1-3-40-25-12-8-7-11-24(25)34-13-15-35(16-14-34)28(38)21-41-30-32-26(31)19-27(33-30)36-17-18-37(22(2)20-36)29(39)23-9-5-4-6-10-23/h4-12,19,22H,3,13-18,20-21H2,1-2H3. The number of amides is 2. The molecule has 0 spiro atoms. The van der Waals surface area contributed by atoms with Crippen LogP contribution >= 0.6 is 23.4 Å². The molecule has 2 aliphatic rings. The van der Waals surface area contributed by atoms with E-state index in [9.17, 15) is 9.59 Å². The number of rotatable bonds is 8. The van der Waals surface area contributed by atoms with Crippen molar-refractivity contribution in [1.29, 1.82) is 0 Å². The van der Waals surface area contributed by atoms with Gasteiger partial charge in [-0.05, 0) is 38.1 Å². The van der Waals surface area contributed by atoms with Gasteiger partial charge in [0.2, 0.25) is 5.91 Å². The SMILES string of the molecule is CCOc1ccccc1N1CCN(C(=O)CSc2nc(Cl)cc(N3CCN(C(=O)c4ccccc4)C(C)C3)n2)CC1. The van der Waals surface area contributed by atoms with Crippen molar-refractivity contribution in [1.82, 2.24) is 19.8 Å². The van der Waals surface area contributed by atoms with E-state index in [0.29, 0.717) is 61.0 Å². The molecule has 2 fully saturated rings. The van der Waals surface area contributed by atoms with Crippen LogP contribution in [0, 0.1) is 0 Å². The normalized spacial score (nSPS) is 17.5. The monoisotopic (exact) mass is 594 g/mol. The number of nitrogens with zero attached hydrogens (tertiary/aromatic N) is 6. The number of hydrogen-bond acceptors (Lipinski definition) is 8. The Labute approximate surface area is 250 Å². The molecule has 5 rings (SSSR count). The van der Waals surface area contributed by atoms with Crippen molar-refractivity contribution in [3.05, 3.63) is 71.4 Å². The maximum Gasteiger partial charge on any atom is 0.254 e. The number of benzene rings is 2. The molecular formula is C30H35ClN6O3S. The lowest BCUT2D eigenvalue weighted by Crippen LogP contribution is -2.54. The highest BCUT2D eigenvalue weighted by Crippen LogP contribution is 2.29. The number of halogens is 1. The summed E-state index contributed by atoms with van der Waals surface area (Å²) in [5.41, 5.74) is 1.76. The third kappa shape index (κ3) is 7.05. The number of ether oxygens (including phenoxy) is 1. The molecule has 1 unspecified atom stereocenters. The van der Waals surface area contributed by atoms with Crippen LogP contribution in [0.25, 0.3) is 0 Å². The first-order chi connectivity index (χ1) is 19.9. The van der Waals surface area contributed by atoms with E-state index >= 15 is 0 Å². The molecular weight excluding hydrogens is 560 g/mol. The van der Waals surface area contributed by atoms with Crippen LogP contribution in [-0.4, -0.2) is 95.8 Å². The molecule has 41 heavy (non-hydrogen) atoms. The van der Waals surface area contributed by atoms with Crippen LogP contribution in [-0.2, 0) is 4.79 Å². The predicted octanol–water partition coefficient (Wildman–Crippen LogP) is 4.32. The van der Waals surface area contributed by atoms with Crippen LogP contribution in [0.15, 0.2) is 65.8 Å². The highest BCUT2D eigenvalue weighted by atomic mass is 35.5. The van der Waals surface area contributed by atoms with E-state index in [4.69, 9.17) is 21.3 Å². The van der Waals surface area contributed by atoms with E-state index in [1.807, 2.05) is 72.2 Å². The second-order valence-electron chi connectivity index (χ2n) is 10.0. The van der Waals surface area contributed by atoms with Gasteiger partial charge in [0.1, 0.15) is 16.7 Å². The number of carbonyl (C=O) groups is 2. The van der Waals surface area contributed by atoms with E-state index in [0.717, 1.165) is 24.5 Å². The Hall–Kier alpha value is -3.50. The molecule has 2 aliphatic heterocycles. The highest BCUT2D eigenvalue weighted by molar-refractivity contribution is 7.99. The lowest BCUT2D eigenvalue weighted by atomic mass is 10.1. The Kier molecular flexibility index (Phi) is 9.51. The summed E-state index contributed by atoms with van der Waals surface area (Å²) in [5.74, 6) is 1.91. The first kappa shape index (κ1) is 29.0. The van der Waals surface area contributed by atoms with Gasteiger partial charge < -0.3 is 24.3 Å². The molecule has 3 heterocycles. The molecule has 0 aliphatic carbocycles. The molecule has 11 heteroatoms. The molecule has 2 amide bonds. The minimum absolute atomic E-state index is 0.00189. The van der Waals surface area contributed by atoms with Gasteiger partial charge >= 0.3 is 0 Å². The van der Waals surface area contributed by atoms with Crippen molar-refractivity contribution in [2.24, 2.45) is 0 Å². The number of carbonyl (C=O) groups excluding carboxylic acids is 2. The zero-order chi connectivity index (χ0) is 28.8. The molecule has 9 nitrogen and oxygen atoms in total. The number of thioether (sulfide) groups is 1. The van der Waals surface area contributed by atoms with E-state index in [-0.39, 0.29) is 23.6 Å². The van der Waals surface area contributed by atoms with E-state index in [1.54, 1.807) is 6.07 Å². The molecule has 1 atom stereocenters. The summed E-state index contributed by atoms with van der Waals surface area (Å²) < 4.78 is 5.78. The van der Waals surface area contributed by atoms with Crippen molar-refractivity contribution < 1.29 is 14.3 Å². The van der Waals surface area contributed by atoms with Crippen molar-refractivity contribution in [2.75, 3.05) is 68.0 Å². The summed E-state index contributed by atoms with van der Waals surface area (Å²) in [6.07, 6.45) is 0. The van der Waals surface area contributed by atoms with E-state index < -0.39 is 0 Å². The lowest BCUT2D eigenvalue weighted by Gasteiger charge is -2.40. The van der Waals surface area contributed by atoms with Gasteiger partial charge in [0, 0.05) is 63.5 Å². The average molecular weight is 595 g/mol. The largest absolute Gasteiger partial charge is 0.492 e. The Morgan fingerprint density at radius 3 is 2.39 bits per heavy atom. The molecule has 0 saturated carbocycles. The Balaban J connectivity index is 1.14. The third-order valence-corrected chi connectivity index (χ3v) is 8.38. The van der Waals surface area contributed by atoms with Crippen LogP contribution in [0.4, 0.5) is 11.5 Å². The Morgan fingerprint density at radius 1 is 0.951 bits per heavy atom. The molecule has 1 aromatic heterocycles. The van der Waals surface area contributed by atoms with Crippen molar-refractivity contribution in [3.63, 3.8) is 0 Å². The Morgan fingerprint density at radius 2 is 1.66 bits per heavy atom. The number of para-hydroxylation sites is 2. The van der Waals surface area contributed by atoms with Crippen LogP contribution in [0.3, 0.4) is 0 Å². The van der Waals surface area contributed by atoms with E-state index in [2.05, 4.69) is 20.9 Å². The van der Waals surface area contributed by atoms with Gasteiger partial charge in [-0.2, -0.15) is 0 Å². The van der Waals surface area contributed by atoms with Crippen LogP contribution in [0.1, 0.15) is 24.2 Å². The first-order valence-corrected chi connectivity index (χ1v) is 15.3. The first-order valence-electron chi connectivity index (χ1n) is 14.0. The summed E-state index contributed by atoms with van der Waals surface area (Å²) in [7, 11) is 0. The molecule has 216 valence electrons. The molecule has 3 aromatic rings.